The molecule has 16 heavy (non-hydrogen) atoms. The fourth-order valence-corrected chi connectivity index (χ4v) is 1.21. The summed E-state index contributed by atoms with van der Waals surface area (Å²) in [6, 6.07) is 0.955. The number of carboxylic acids is 1. The van der Waals surface area contributed by atoms with Gasteiger partial charge in [0.15, 0.2) is 0 Å². The molecule has 2 N–H and O–H groups in total. The Labute approximate surface area is 88.4 Å². The normalized spacial score (nSPS) is 13.5. The molecule has 1 unspecified atom stereocenters. The number of nitrogens with zero attached hydrogens (tertiary/aromatic N) is 1. The van der Waals surface area contributed by atoms with Crippen LogP contribution in [0.1, 0.15) is 23.7 Å². The minimum Gasteiger partial charge on any atom is -0.481 e. The zero-order valence-electron chi connectivity index (χ0n) is 7.90. The number of hydrogen-bond acceptors (Lipinski definition) is 3. The fourth-order valence-electron chi connectivity index (χ4n) is 1.21. The summed E-state index contributed by atoms with van der Waals surface area (Å²) < 4.78 is 37.3. The number of halogens is 3. The number of aliphatic hydroxyl groups is 1. The molecule has 0 saturated heterocycles. The van der Waals surface area contributed by atoms with Gasteiger partial charge in [0.2, 0.25) is 0 Å². The Bertz CT molecular complexity index is 392. The molecule has 1 heterocycles. The molecule has 1 atom stereocenters. The maximum absolute atomic E-state index is 12.4. The molecule has 0 spiro atoms. The Kier molecular flexibility index (Phi) is 3.48. The van der Waals surface area contributed by atoms with Crippen LogP contribution in [0.4, 0.5) is 13.2 Å². The van der Waals surface area contributed by atoms with E-state index in [1.807, 2.05) is 0 Å². The number of alkyl halides is 3. The first-order valence-electron chi connectivity index (χ1n) is 4.23. The van der Waals surface area contributed by atoms with Crippen LogP contribution in [0.5, 0.6) is 0 Å². The lowest BCUT2D eigenvalue weighted by molar-refractivity contribution is -0.143. The van der Waals surface area contributed by atoms with Crippen molar-refractivity contribution >= 4 is 5.97 Å². The van der Waals surface area contributed by atoms with Gasteiger partial charge in [-0.2, -0.15) is 13.2 Å². The number of pyridine rings is 1. The molecular weight excluding hydrogens is 227 g/mol. The number of rotatable bonds is 3. The highest BCUT2D eigenvalue weighted by molar-refractivity contribution is 5.67. The van der Waals surface area contributed by atoms with E-state index in [1.54, 1.807) is 0 Å². The molecule has 1 rings (SSSR count). The zero-order valence-corrected chi connectivity index (χ0v) is 7.90. The molecule has 0 aliphatic carbocycles. The van der Waals surface area contributed by atoms with Crippen molar-refractivity contribution in [2.45, 2.75) is 18.7 Å². The molecule has 1 aromatic heterocycles. The average Bonchev–Trinajstić information content (AvgIpc) is 2.15. The van der Waals surface area contributed by atoms with Gasteiger partial charge in [-0.05, 0) is 11.6 Å². The number of carboxylic acid groups (broad SMARTS) is 1. The Balaban J connectivity index is 3.08. The number of aromatic nitrogens is 1. The van der Waals surface area contributed by atoms with Gasteiger partial charge >= 0.3 is 12.1 Å². The summed E-state index contributed by atoms with van der Waals surface area (Å²) in [6.45, 7) is 0. The third-order valence-corrected chi connectivity index (χ3v) is 1.89. The molecule has 0 saturated carbocycles. The van der Waals surface area contributed by atoms with Crippen LogP contribution in [0.2, 0.25) is 0 Å². The highest BCUT2D eigenvalue weighted by Crippen LogP contribution is 2.34. The number of aliphatic carboxylic acids is 1. The van der Waals surface area contributed by atoms with E-state index in [-0.39, 0.29) is 0 Å². The summed E-state index contributed by atoms with van der Waals surface area (Å²) in [5.41, 5.74) is -1.60. The minimum atomic E-state index is -4.66. The maximum atomic E-state index is 12.4. The summed E-state index contributed by atoms with van der Waals surface area (Å²) in [5, 5.41) is 17.7. The van der Waals surface area contributed by atoms with Gasteiger partial charge in [0, 0.05) is 12.4 Å². The van der Waals surface area contributed by atoms with Crippen LogP contribution in [0.3, 0.4) is 0 Å². The van der Waals surface area contributed by atoms with Crippen molar-refractivity contribution in [3.8, 4) is 0 Å². The van der Waals surface area contributed by atoms with Crippen LogP contribution in [0.25, 0.3) is 0 Å². The Morgan fingerprint density at radius 1 is 1.50 bits per heavy atom. The second-order valence-electron chi connectivity index (χ2n) is 3.07. The van der Waals surface area contributed by atoms with E-state index in [9.17, 15) is 23.1 Å². The largest absolute Gasteiger partial charge is 0.481 e. The van der Waals surface area contributed by atoms with E-state index in [2.05, 4.69) is 4.98 Å². The van der Waals surface area contributed by atoms with Crippen molar-refractivity contribution in [3.63, 3.8) is 0 Å². The van der Waals surface area contributed by atoms with Crippen molar-refractivity contribution in [2.75, 3.05) is 0 Å². The lowest BCUT2D eigenvalue weighted by atomic mass is 10.0. The summed E-state index contributed by atoms with van der Waals surface area (Å²) in [5.74, 6) is -1.38. The van der Waals surface area contributed by atoms with E-state index in [0.29, 0.717) is 6.20 Å². The first-order valence-corrected chi connectivity index (χ1v) is 4.23. The van der Waals surface area contributed by atoms with Crippen molar-refractivity contribution in [1.29, 1.82) is 0 Å². The molecule has 0 aromatic carbocycles. The SMILES string of the molecule is O=C(O)CC(O)c1ccncc1C(F)(F)F. The molecule has 0 radical (unpaired) electrons. The predicted octanol–water partition coefficient (Wildman–Crippen LogP) is 1.61. The van der Waals surface area contributed by atoms with Crippen LogP contribution in [-0.2, 0) is 11.0 Å². The molecule has 0 fully saturated rings. The molecular formula is C9H8F3NO3. The quantitative estimate of drug-likeness (QED) is 0.834. The van der Waals surface area contributed by atoms with Gasteiger partial charge in [0.1, 0.15) is 0 Å². The summed E-state index contributed by atoms with van der Waals surface area (Å²) in [4.78, 5) is 13.6. The number of aliphatic hydroxyl groups excluding tert-OH is 1. The van der Waals surface area contributed by atoms with Gasteiger partial charge in [-0.3, -0.25) is 9.78 Å². The van der Waals surface area contributed by atoms with Crippen LogP contribution < -0.4 is 0 Å². The van der Waals surface area contributed by atoms with Crippen molar-refractivity contribution in [3.05, 3.63) is 29.6 Å². The molecule has 0 amide bonds. The highest BCUT2D eigenvalue weighted by atomic mass is 19.4. The average molecular weight is 235 g/mol. The van der Waals surface area contributed by atoms with Gasteiger partial charge in [-0.1, -0.05) is 0 Å². The van der Waals surface area contributed by atoms with Crippen LogP contribution in [0, 0.1) is 0 Å². The second-order valence-corrected chi connectivity index (χ2v) is 3.07. The Morgan fingerprint density at radius 2 is 2.12 bits per heavy atom. The zero-order chi connectivity index (χ0) is 12.3. The van der Waals surface area contributed by atoms with Gasteiger partial charge < -0.3 is 10.2 Å². The van der Waals surface area contributed by atoms with Crippen LogP contribution in [0.15, 0.2) is 18.5 Å². The number of hydrogen-bond donors (Lipinski definition) is 2. The third-order valence-electron chi connectivity index (χ3n) is 1.89. The second kappa shape index (κ2) is 4.48. The van der Waals surface area contributed by atoms with Gasteiger partial charge in [0.05, 0.1) is 18.1 Å². The number of carbonyl (C=O) groups is 1. The van der Waals surface area contributed by atoms with Crippen molar-refractivity contribution < 1.29 is 28.2 Å². The highest BCUT2D eigenvalue weighted by Gasteiger charge is 2.35. The molecule has 1 aromatic rings. The molecule has 4 nitrogen and oxygen atoms in total. The summed E-state index contributed by atoms with van der Waals surface area (Å²) in [7, 11) is 0. The fraction of sp³-hybridized carbons (Fsp3) is 0.333. The Hall–Kier alpha value is -1.63. The molecule has 0 aliphatic heterocycles. The van der Waals surface area contributed by atoms with Crippen LogP contribution in [-0.4, -0.2) is 21.2 Å². The first kappa shape index (κ1) is 12.4. The van der Waals surface area contributed by atoms with Gasteiger partial charge in [-0.25, -0.2) is 0 Å². The standard InChI is InChI=1S/C9H8F3NO3/c10-9(11,12)6-4-13-2-1-5(6)7(14)3-8(15)16/h1-2,4,7,14H,3H2,(H,15,16). The van der Waals surface area contributed by atoms with E-state index >= 15 is 0 Å². The van der Waals surface area contributed by atoms with E-state index < -0.39 is 35.8 Å². The van der Waals surface area contributed by atoms with Crippen LogP contribution >= 0.6 is 0 Å². The lowest BCUT2D eigenvalue weighted by Gasteiger charge is -2.15. The predicted molar refractivity (Wildman–Crippen MR) is 46.5 cm³/mol. The van der Waals surface area contributed by atoms with E-state index in [0.717, 1.165) is 12.3 Å². The van der Waals surface area contributed by atoms with Crippen molar-refractivity contribution in [2.24, 2.45) is 0 Å². The molecule has 7 heteroatoms. The lowest BCUT2D eigenvalue weighted by Crippen LogP contribution is -2.14. The van der Waals surface area contributed by atoms with E-state index in [4.69, 9.17) is 5.11 Å². The third kappa shape index (κ3) is 2.93. The first-order chi connectivity index (χ1) is 7.32. The monoisotopic (exact) mass is 235 g/mol. The Morgan fingerprint density at radius 3 is 2.62 bits per heavy atom. The topological polar surface area (TPSA) is 70.4 Å². The molecule has 0 bridgehead atoms. The van der Waals surface area contributed by atoms with Gasteiger partial charge in [-0.15, -0.1) is 0 Å². The summed E-state index contributed by atoms with van der Waals surface area (Å²) in [6.07, 6.45) is -5.52. The maximum Gasteiger partial charge on any atom is 0.418 e. The minimum absolute atomic E-state index is 0.482. The summed E-state index contributed by atoms with van der Waals surface area (Å²) >= 11 is 0. The molecule has 88 valence electrons. The van der Waals surface area contributed by atoms with Gasteiger partial charge in [0.25, 0.3) is 0 Å². The molecule has 0 aliphatic rings. The van der Waals surface area contributed by atoms with E-state index in [1.165, 1.54) is 0 Å². The van der Waals surface area contributed by atoms with Crippen molar-refractivity contribution in [1.82, 2.24) is 4.98 Å². The smallest absolute Gasteiger partial charge is 0.418 e.